The molecule has 1 fully saturated rings. The van der Waals surface area contributed by atoms with E-state index < -0.39 is 45.3 Å². The SMILES string of the molecule is O=S(=O)(NC1CCCC(N2c3ccccc3Oc3ccccc32)[C@H]1O)c1ccc(OC(F)(F)F)c(Cl)c1. The first kappa shape index (κ1) is 25.7. The van der Waals surface area contributed by atoms with Crippen LogP contribution in [-0.4, -0.2) is 38.1 Å². The van der Waals surface area contributed by atoms with Gasteiger partial charge in [0.25, 0.3) is 0 Å². The number of nitrogens with zero attached hydrogens (tertiary/aromatic N) is 1. The molecule has 3 atom stereocenters. The highest BCUT2D eigenvalue weighted by molar-refractivity contribution is 7.89. The quantitative estimate of drug-likeness (QED) is 0.418. The van der Waals surface area contributed by atoms with Crippen molar-refractivity contribution in [2.45, 2.75) is 48.7 Å². The highest BCUT2D eigenvalue weighted by Crippen LogP contribution is 2.49. The first-order chi connectivity index (χ1) is 17.5. The Morgan fingerprint density at radius 2 is 1.62 bits per heavy atom. The van der Waals surface area contributed by atoms with Crippen LogP contribution >= 0.6 is 11.6 Å². The predicted octanol–water partition coefficient (Wildman–Crippen LogP) is 5.74. The molecule has 3 aromatic rings. The van der Waals surface area contributed by atoms with E-state index in [2.05, 4.69) is 9.46 Å². The minimum Gasteiger partial charge on any atom is -0.453 e. The number of ether oxygens (including phenoxy) is 2. The highest BCUT2D eigenvalue weighted by atomic mass is 35.5. The van der Waals surface area contributed by atoms with Gasteiger partial charge in [-0.15, -0.1) is 13.2 Å². The number of aliphatic hydroxyl groups excluding tert-OH is 1. The number of nitrogens with one attached hydrogen (secondary N) is 1. The van der Waals surface area contributed by atoms with Gasteiger partial charge >= 0.3 is 6.36 Å². The summed E-state index contributed by atoms with van der Waals surface area (Å²) in [4.78, 5) is 1.63. The summed E-state index contributed by atoms with van der Waals surface area (Å²) in [7, 11) is -4.23. The third kappa shape index (κ3) is 5.22. The van der Waals surface area contributed by atoms with E-state index in [1.165, 1.54) is 0 Å². The molecule has 3 aromatic carbocycles. The number of fused-ring (bicyclic) bond motifs is 2. The fourth-order valence-corrected chi connectivity index (χ4v) is 6.38. The van der Waals surface area contributed by atoms with Gasteiger partial charge in [-0.25, -0.2) is 13.1 Å². The molecule has 1 heterocycles. The summed E-state index contributed by atoms with van der Waals surface area (Å²) in [5.74, 6) is 0.523. The number of sulfonamides is 1. The standard InChI is InChI=1S/C25H22ClF3N2O5S/c26-16-14-15(12-13-21(16)36-25(27,28)29)37(33,34)30-17-6-5-9-20(24(17)32)31-18-7-1-3-10-22(18)35-23-11-4-2-8-19(23)31/h1-4,7-8,10-14,17,20,24,30,32H,5-6,9H2/t17?,20?,24-/m0/s1. The highest BCUT2D eigenvalue weighted by Gasteiger charge is 2.41. The number of rotatable bonds is 5. The smallest absolute Gasteiger partial charge is 0.453 e. The molecular formula is C25H22ClF3N2O5S. The molecule has 12 heteroatoms. The number of hydrogen-bond donors (Lipinski definition) is 2. The Balaban J connectivity index is 1.41. The molecule has 1 aliphatic carbocycles. The van der Waals surface area contributed by atoms with E-state index in [4.69, 9.17) is 16.3 Å². The Hall–Kier alpha value is -2.99. The molecule has 2 aliphatic rings. The van der Waals surface area contributed by atoms with Crippen LogP contribution in [0.5, 0.6) is 17.2 Å². The van der Waals surface area contributed by atoms with Crippen molar-refractivity contribution in [3.63, 3.8) is 0 Å². The Bertz CT molecular complexity index is 1370. The monoisotopic (exact) mass is 554 g/mol. The second-order valence-corrected chi connectivity index (χ2v) is 10.9. The Morgan fingerprint density at radius 1 is 1.00 bits per heavy atom. The number of para-hydroxylation sites is 4. The Labute approximate surface area is 216 Å². The second kappa shape index (κ2) is 9.71. The van der Waals surface area contributed by atoms with Gasteiger partial charge in [-0.2, -0.15) is 0 Å². The molecule has 37 heavy (non-hydrogen) atoms. The molecule has 7 nitrogen and oxygen atoms in total. The lowest BCUT2D eigenvalue weighted by molar-refractivity contribution is -0.274. The summed E-state index contributed by atoms with van der Waals surface area (Å²) < 4.78 is 76.1. The van der Waals surface area contributed by atoms with Crippen LogP contribution in [0.2, 0.25) is 5.02 Å². The first-order valence-corrected chi connectivity index (χ1v) is 13.3. The molecule has 0 radical (unpaired) electrons. The van der Waals surface area contributed by atoms with Crippen molar-refractivity contribution >= 4 is 33.0 Å². The fourth-order valence-electron chi connectivity index (χ4n) is 4.78. The minimum absolute atomic E-state index is 0.344. The number of alkyl halides is 3. The van der Waals surface area contributed by atoms with E-state index in [0.717, 1.165) is 29.6 Å². The van der Waals surface area contributed by atoms with Gasteiger partial charge in [0.2, 0.25) is 10.0 Å². The summed E-state index contributed by atoms with van der Waals surface area (Å²) in [5.41, 5.74) is 1.50. The molecule has 0 saturated heterocycles. The van der Waals surface area contributed by atoms with E-state index >= 15 is 0 Å². The van der Waals surface area contributed by atoms with Crippen molar-refractivity contribution in [1.29, 1.82) is 0 Å². The van der Waals surface area contributed by atoms with Crippen LogP contribution in [0.3, 0.4) is 0 Å². The average Bonchev–Trinajstić information content (AvgIpc) is 2.84. The van der Waals surface area contributed by atoms with Crippen LogP contribution in [0.4, 0.5) is 24.5 Å². The molecule has 2 N–H and O–H groups in total. The largest absolute Gasteiger partial charge is 0.573 e. The maximum Gasteiger partial charge on any atom is 0.573 e. The lowest BCUT2D eigenvalue weighted by atomic mass is 9.86. The molecule has 196 valence electrons. The molecule has 0 bridgehead atoms. The minimum atomic E-state index is -4.97. The van der Waals surface area contributed by atoms with Crippen molar-refractivity contribution < 1.29 is 36.2 Å². The van der Waals surface area contributed by atoms with E-state index in [-0.39, 0.29) is 4.90 Å². The summed E-state index contributed by atoms with van der Waals surface area (Å²) >= 11 is 5.85. The van der Waals surface area contributed by atoms with E-state index in [1.807, 2.05) is 53.4 Å². The predicted molar refractivity (Wildman–Crippen MR) is 131 cm³/mol. The number of hydrogen-bond acceptors (Lipinski definition) is 6. The van der Waals surface area contributed by atoms with Crippen LogP contribution < -0.4 is 19.1 Å². The number of benzene rings is 3. The van der Waals surface area contributed by atoms with E-state index in [1.54, 1.807) is 0 Å². The van der Waals surface area contributed by atoms with Crippen molar-refractivity contribution in [1.82, 2.24) is 4.72 Å². The van der Waals surface area contributed by atoms with Crippen LogP contribution in [-0.2, 0) is 10.0 Å². The zero-order chi connectivity index (χ0) is 26.4. The molecule has 0 amide bonds. The zero-order valence-corrected chi connectivity index (χ0v) is 20.7. The third-order valence-electron chi connectivity index (χ3n) is 6.37. The normalized spacial score (nSPS) is 21.5. The maximum absolute atomic E-state index is 13.1. The fraction of sp³-hybridized carbons (Fsp3) is 0.280. The van der Waals surface area contributed by atoms with Crippen LogP contribution in [0, 0.1) is 0 Å². The van der Waals surface area contributed by atoms with Crippen LogP contribution in [0.15, 0.2) is 71.6 Å². The lowest BCUT2D eigenvalue weighted by Crippen LogP contribution is -2.56. The molecule has 2 unspecified atom stereocenters. The molecule has 0 spiro atoms. The van der Waals surface area contributed by atoms with Gasteiger partial charge in [-0.05, 0) is 61.7 Å². The van der Waals surface area contributed by atoms with Gasteiger partial charge in [0.1, 0.15) is 5.75 Å². The number of halogens is 4. The first-order valence-electron chi connectivity index (χ1n) is 11.4. The van der Waals surface area contributed by atoms with Gasteiger partial charge in [0.05, 0.1) is 39.5 Å². The maximum atomic E-state index is 13.1. The lowest BCUT2D eigenvalue weighted by Gasteiger charge is -2.44. The summed E-state index contributed by atoms with van der Waals surface area (Å²) in [6.45, 7) is 0. The van der Waals surface area contributed by atoms with Gasteiger partial charge in [0.15, 0.2) is 11.5 Å². The molecule has 1 saturated carbocycles. The molecular weight excluding hydrogens is 533 g/mol. The van der Waals surface area contributed by atoms with Crippen molar-refractivity contribution in [3.05, 3.63) is 71.8 Å². The average molecular weight is 555 g/mol. The van der Waals surface area contributed by atoms with Gasteiger partial charge in [0, 0.05) is 0 Å². The Morgan fingerprint density at radius 3 is 2.22 bits per heavy atom. The van der Waals surface area contributed by atoms with Gasteiger partial charge in [-0.3, -0.25) is 0 Å². The summed E-state index contributed by atoms with van der Waals surface area (Å²) in [5, 5.41) is 10.9. The topological polar surface area (TPSA) is 88.1 Å². The Kier molecular flexibility index (Phi) is 6.73. The van der Waals surface area contributed by atoms with Crippen LogP contribution in [0.1, 0.15) is 19.3 Å². The van der Waals surface area contributed by atoms with Gasteiger partial charge < -0.3 is 19.5 Å². The van der Waals surface area contributed by atoms with Crippen molar-refractivity contribution in [2.24, 2.45) is 0 Å². The molecule has 5 rings (SSSR count). The summed E-state index contributed by atoms with van der Waals surface area (Å²) in [6, 6.07) is 16.2. The van der Waals surface area contributed by atoms with E-state index in [9.17, 15) is 26.7 Å². The molecule has 1 aliphatic heterocycles. The second-order valence-electron chi connectivity index (χ2n) is 8.76. The number of anilines is 2. The van der Waals surface area contributed by atoms with Crippen molar-refractivity contribution in [2.75, 3.05) is 4.90 Å². The van der Waals surface area contributed by atoms with E-state index in [0.29, 0.717) is 30.8 Å². The van der Waals surface area contributed by atoms with Gasteiger partial charge in [-0.1, -0.05) is 35.9 Å². The summed E-state index contributed by atoms with van der Waals surface area (Å²) in [6.07, 6.45) is -4.49. The zero-order valence-electron chi connectivity index (χ0n) is 19.2. The molecule has 0 aromatic heterocycles. The third-order valence-corrected chi connectivity index (χ3v) is 8.15. The van der Waals surface area contributed by atoms with Crippen molar-refractivity contribution in [3.8, 4) is 17.2 Å². The van der Waals surface area contributed by atoms with Crippen LogP contribution in [0.25, 0.3) is 0 Å². The number of aliphatic hydroxyl groups is 1.